The molecule has 1 aromatic heterocycles. The van der Waals surface area contributed by atoms with E-state index in [2.05, 4.69) is 5.10 Å². The molecule has 9 nitrogen and oxygen atoms in total. The van der Waals surface area contributed by atoms with Gasteiger partial charge in [0.15, 0.2) is 11.6 Å². The van der Waals surface area contributed by atoms with Crippen LogP contribution in [-0.2, 0) is 22.6 Å². The second kappa shape index (κ2) is 13.2. The van der Waals surface area contributed by atoms with E-state index in [4.69, 9.17) is 25.8 Å². The van der Waals surface area contributed by atoms with Crippen LogP contribution >= 0.6 is 11.6 Å². The smallest absolute Gasteiger partial charge is 0.248 e. The molecule has 0 bridgehead atoms. The Hall–Kier alpha value is -3.25. The number of amides is 1. The van der Waals surface area contributed by atoms with Crippen LogP contribution in [0.2, 0.25) is 5.02 Å². The maximum atomic E-state index is 13.6. The zero-order valence-electron chi connectivity index (χ0n) is 21.6. The topological polar surface area (TPSA) is 89.3 Å². The maximum Gasteiger partial charge on any atom is 0.248 e. The Balaban J connectivity index is 1.38. The zero-order valence-corrected chi connectivity index (χ0v) is 22.3. The van der Waals surface area contributed by atoms with Crippen LogP contribution in [0.25, 0.3) is 0 Å². The van der Waals surface area contributed by atoms with Crippen molar-refractivity contribution in [2.45, 2.75) is 18.7 Å². The number of halogens is 3. The van der Waals surface area contributed by atoms with Gasteiger partial charge in [-0.2, -0.15) is 5.10 Å². The van der Waals surface area contributed by atoms with Gasteiger partial charge in [0.25, 0.3) is 0 Å². The van der Waals surface area contributed by atoms with Crippen molar-refractivity contribution in [2.24, 2.45) is 0 Å². The fraction of sp³-hybridized carbons (Fsp3) is 0.407. The molecule has 0 saturated carbocycles. The lowest BCUT2D eigenvalue weighted by molar-refractivity contribution is -0.138. The highest BCUT2D eigenvalue weighted by Crippen LogP contribution is 2.22. The van der Waals surface area contributed by atoms with Crippen LogP contribution in [0.5, 0.6) is 11.5 Å². The summed E-state index contributed by atoms with van der Waals surface area (Å²) in [5, 5.41) is 16.2. The standard InChI is InChI=1S/C27H31ClF2N4O5/c1-37-16-26(35)33-9-8-32(17-27(36,18-33)19-39-23-6-7-24(29)25(30)12-23)14-20-2-4-22(5-3-20)38-11-10-34-15-21(28)13-31-34/h2-7,12-13,15,36H,8-11,14,16-19H2,1H3. The number of methoxy groups -OCH3 is 1. The van der Waals surface area contributed by atoms with Crippen molar-refractivity contribution in [1.82, 2.24) is 19.6 Å². The van der Waals surface area contributed by atoms with E-state index in [0.29, 0.717) is 43.6 Å². The van der Waals surface area contributed by atoms with Crippen LogP contribution in [0.15, 0.2) is 54.9 Å². The molecule has 2 aromatic carbocycles. The number of β-amino-alcohol motifs (C(OH)–C–C–N with tert-alkyl or cyclic N) is 1. The molecule has 1 aliphatic heterocycles. The van der Waals surface area contributed by atoms with E-state index < -0.39 is 17.2 Å². The van der Waals surface area contributed by atoms with Crippen molar-refractivity contribution in [3.8, 4) is 11.5 Å². The van der Waals surface area contributed by atoms with Gasteiger partial charge in [-0.3, -0.25) is 14.4 Å². The predicted octanol–water partition coefficient (Wildman–Crippen LogP) is 2.99. The van der Waals surface area contributed by atoms with Gasteiger partial charge in [-0.15, -0.1) is 0 Å². The molecule has 12 heteroatoms. The lowest BCUT2D eigenvalue weighted by Crippen LogP contribution is -2.52. The van der Waals surface area contributed by atoms with Gasteiger partial charge in [0.1, 0.15) is 36.9 Å². The summed E-state index contributed by atoms with van der Waals surface area (Å²) in [7, 11) is 1.43. The Morgan fingerprint density at radius 1 is 1.08 bits per heavy atom. The molecule has 1 amide bonds. The number of aromatic nitrogens is 2. The maximum absolute atomic E-state index is 13.6. The molecule has 1 fully saturated rings. The molecule has 1 saturated heterocycles. The molecule has 0 radical (unpaired) electrons. The molecule has 1 N–H and O–H groups in total. The largest absolute Gasteiger partial charge is 0.492 e. The van der Waals surface area contributed by atoms with Gasteiger partial charge in [-0.05, 0) is 29.8 Å². The number of carbonyl (C=O) groups is 1. The molecule has 4 rings (SSSR count). The number of hydrogen-bond donors (Lipinski definition) is 1. The summed E-state index contributed by atoms with van der Waals surface area (Å²) < 4.78 is 45.0. The van der Waals surface area contributed by atoms with Gasteiger partial charge < -0.3 is 24.2 Å². The first-order valence-electron chi connectivity index (χ1n) is 12.4. The van der Waals surface area contributed by atoms with Crippen molar-refractivity contribution in [1.29, 1.82) is 0 Å². The van der Waals surface area contributed by atoms with E-state index in [1.54, 1.807) is 17.1 Å². The lowest BCUT2D eigenvalue weighted by Gasteiger charge is -2.33. The van der Waals surface area contributed by atoms with Crippen LogP contribution in [0.1, 0.15) is 5.56 Å². The molecule has 1 atom stereocenters. The van der Waals surface area contributed by atoms with Crippen LogP contribution in [0, 0.1) is 11.6 Å². The van der Waals surface area contributed by atoms with Crippen molar-refractivity contribution in [3.05, 3.63) is 77.1 Å². The summed E-state index contributed by atoms with van der Waals surface area (Å²) in [5.41, 5.74) is -0.481. The third-order valence-electron chi connectivity index (χ3n) is 6.23. The van der Waals surface area contributed by atoms with Gasteiger partial charge in [0.05, 0.1) is 24.3 Å². The number of hydrogen-bond acceptors (Lipinski definition) is 7. The fourth-order valence-corrected chi connectivity index (χ4v) is 4.50. The molecule has 39 heavy (non-hydrogen) atoms. The highest BCUT2D eigenvalue weighted by molar-refractivity contribution is 6.30. The molecule has 3 aromatic rings. The van der Waals surface area contributed by atoms with E-state index >= 15 is 0 Å². The minimum atomic E-state index is -1.47. The number of aliphatic hydroxyl groups is 1. The third kappa shape index (κ3) is 8.37. The van der Waals surface area contributed by atoms with Crippen molar-refractivity contribution in [3.63, 3.8) is 0 Å². The molecule has 1 unspecified atom stereocenters. The normalized spacial score (nSPS) is 18.1. The Bertz CT molecular complexity index is 1250. The fourth-order valence-electron chi connectivity index (χ4n) is 4.35. The van der Waals surface area contributed by atoms with Crippen molar-refractivity contribution in [2.75, 3.05) is 53.1 Å². The summed E-state index contributed by atoms with van der Waals surface area (Å²) in [6, 6.07) is 10.8. The third-order valence-corrected chi connectivity index (χ3v) is 6.42. The van der Waals surface area contributed by atoms with Crippen molar-refractivity contribution >= 4 is 17.5 Å². The van der Waals surface area contributed by atoms with E-state index in [1.165, 1.54) is 18.1 Å². The van der Waals surface area contributed by atoms with Crippen LogP contribution in [-0.4, -0.2) is 89.3 Å². The lowest BCUT2D eigenvalue weighted by atomic mass is 10.0. The molecule has 2 heterocycles. The van der Waals surface area contributed by atoms with E-state index in [9.17, 15) is 18.7 Å². The van der Waals surface area contributed by atoms with Crippen LogP contribution in [0.4, 0.5) is 8.78 Å². The van der Waals surface area contributed by atoms with Crippen LogP contribution < -0.4 is 9.47 Å². The first-order valence-corrected chi connectivity index (χ1v) is 12.8. The quantitative estimate of drug-likeness (QED) is 0.383. The number of ether oxygens (including phenoxy) is 3. The first kappa shape index (κ1) is 28.8. The summed E-state index contributed by atoms with van der Waals surface area (Å²) >= 11 is 5.87. The molecular weight excluding hydrogens is 534 g/mol. The number of benzene rings is 2. The summed E-state index contributed by atoms with van der Waals surface area (Å²) in [6.07, 6.45) is 3.30. The van der Waals surface area contributed by atoms with Gasteiger partial charge in [0.2, 0.25) is 5.91 Å². The number of rotatable bonds is 11. The highest BCUT2D eigenvalue weighted by Gasteiger charge is 2.37. The average molecular weight is 565 g/mol. The second-order valence-electron chi connectivity index (χ2n) is 9.46. The van der Waals surface area contributed by atoms with Crippen LogP contribution in [0.3, 0.4) is 0 Å². The van der Waals surface area contributed by atoms with E-state index in [0.717, 1.165) is 17.7 Å². The molecular formula is C27H31ClF2N4O5. The molecule has 0 aliphatic carbocycles. The average Bonchev–Trinajstić information content (AvgIpc) is 3.24. The minimum absolute atomic E-state index is 0.00358. The van der Waals surface area contributed by atoms with Crippen molar-refractivity contribution < 1.29 is 32.9 Å². The Kier molecular flexibility index (Phi) is 9.73. The molecule has 210 valence electrons. The summed E-state index contributed by atoms with van der Waals surface area (Å²) in [6.45, 7) is 2.25. The molecule has 1 aliphatic rings. The predicted molar refractivity (Wildman–Crippen MR) is 140 cm³/mol. The SMILES string of the molecule is COCC(=O)N1CCN(Cc2ccc(OCCn3cc(Cl)cn3)cc2)CC(O)(COc2ccc(F)c(F)c2)C1. The van der Waals surface area contributed by atoms with Gasteiger partial charge in [-0.25, -0.2) is 8.78 Å². The molecule has 0 spiro atoms. The summed E-state index contributed by atoms with van der Waals surface area (Å²) in [5.74, 6) is -1.50. The second-order valence-corrected chi connectivity index (χ2v) is 9.90. The highest BCUT2D eigenvalue weighted by atomic mass is 35.5. The Morgan fingerprint density at radius 2 is 1.85 bits per heavy atom. The van der Waals surface area contributed by atoms with Gasteiger partial charge in [0, 0.05) is 45.6 Å². The summed E-state index contributed by atoms with van der Waals surface area (Å²) in [4.78, 5) is 16.1. The van der Waals surface area contributed by atoms with E-state index in [-0.39, 0.29) is 38.0 Å². The van der Waals surface area contributed by atoms with Gasteiger partial charge >= 0.3 is 0 Å². The number of nitrogens with zero attached hydrogens (tertiary/aromatic N) is 4. The monoisotopic (exact) mass is 564 g/mol. The minimum Gasteiger partial charge on any atom is -0.492 e. The first-order chi connectivity index (χ1) is 18.7. The van der Waals surface area contributed by atoms with E-state index in [1.807, 2.05) is 29.2 Å². The Morgan fingerprint density at radius 3 is 2.54 bits per heavy atom. The zero-order chi connectivity index (χ0) is 27.8. The van der Waals surface area contributed by atoms with Gasteiger partial charge in [-0.1, -0.05) is 23.7 Å². The Labute approximate surface area is 230 Å². The number of carbonyl (C=O) groups excluding carboxylic acids is 1.